The first-order valence-corrected chi connectivity index (χ1v) is 9.25. The molecule has 26 heavy (non-hydrogen) atoms. The van der Waals surface area contributed by atoms with Crippen LogP contribution in [0.1, 0.15) is 12.8 Å². The van der Waals surface area contributed by atoms with E-state index in [1.165, 1.54) is 23.1 Å². The predicted octanol–water partition coefficient (Wildman–Crippen LogP) is 1.67. The number of ether oxygens (including phenoxy) is 1. The van der Waals surface area contributed by atoms with Gasteiger partial charge in [0.25, 0.3) is 0 Å². The summed E-state index contributed by atoms with van der Waals surface area (Å²) < 4.78 is 18.6. The maximum absolute atomic E-state index is 13.3. The molecule has 2 aliphatic rings. The molecule has 2 aliphatic heterocycles. The number of hydrogen-bond acceptors (Lipinski definition) is 4. The molecule has 2 amide bonds. The van der Waals surface area contributed by atoms with Gasteiger partial charge in [0.2, 0.25) is 11.8 Å². The molecule has 1 aromatic carbocycles. The Kier molecular flexibility index (Phi) is 6.45. The summed E-state index contributed by atoms with van der Waals surface area (Å²) in [5.41, 5.74) is 0.518. The van der Waals surface area contributed by atoms with Crippen LogP contribution in [0.2, 0.25) is 5.02 Å². The molecular weight excluding hydrogens is 361 g/mol. The van der Waals surface area contributed by atoms with Crippen LogP contribution >= 0.6 is 11.6 Å². The minimum Gasteiger partial charge on any atom is -0.379 e. The first-order chi connectivity index (χ1) is 12.5. The van der Waals surface area contributed by atoms with E-state index in [1.807, 2.05) is 0 Å². The third-order valence-corrected chi connectivity index (χ3v) is 5.05. The fourth-order valence-electron chi connectivity index (χ4n) is 3.27. The molecule has 1 aromatic rings. The molecule has 0 radical (unpaired) electrons. The van der Waals surface area contributed by atoms with Crippen molar-refractivity contribution in [3.05, 3.63) is 29.0 Å². The Morgan fingerprint density at radius 2 is 2.12 bits per heavy atom. The van der Waals surface area contributed by atoms with Crippen LogP contribution in [0.4, 0.5) is 10.1 Å². The molecule has 142 valence electrons. The summed E-state index contributed by atoms with van der Waals surface area (Å²) >= 11 is 5.78. The number of anilines is 1. The molecule has 0 aliphatic carbocycles. The highest BCUT2D eigenvalue weighted by atomic mass is 35.5. The van der Waals surface area contributed by atoms with Crippen molar-refractivity contribution in [1.82, 2.24) is 10.2 Å². The van der Waals surface area contributed by atoms with Gasteiger partial charge < -0.3 is 15.0 Å². The summed E-state index contributed by atoms with van der Waals surface area (Å²) in [5.74, 6) is -1.19. The number of nitrogens with zero attached hydrogens (tertiary/aromatic N) is 2. The predicted molar refractivity (Wildman–Crippen MR) is 96.8 cm³/mol. The van der Waals surface area contributed by atoms with Crippen LogP contribution in [0, 0.1) is 11.7 Å². The van der Waals surface area contributed by atoms with Crippen LogP contribution in [-0.2, 0) is 14.3 Å². The van der Waals surface area contributed by atoms with Crippen molar-refractivity contribution in [3.63, 3.8) is 0 Å². The van der Waals surface area contributed by atoms with E-state index in [0.29, 0.717) is 12.2 Å². The first kappa shape index (κ1) is 19.1. The van der Waals surface area contributed by atoms with Crippen molar-refractivity contribution < 1.29 is 18.7 Å². The molecule has 8 heteroatoms. The van der Waals surface area contributed by atoms with Gasteiger partial charge in [-0.2, -0.15) is 0 Å². The van der Waals surface area contributed by atoms with Crippen molar-refractivity contribution in [2.45, 2.75) is 12.8 Å². The molecular formula is C18H23ClFN3O3. The van der Waals surface area contributed by atoms with Gasteiger partial charge in [0, 0.05) is 38.3 Å². The second kappa shape index (κ2) is 8.79. The first-order valence-electron chi connectivity index (χ1n) is 8.88. The third kappa shape index (κ3) is 4.72. The maximum atomic E-state index is 13.3. The molecule has 0 saturated carbocycles. The van der Waals surface area contributed by atoms with Crippen LogP contribution in [0.3, 0.4) is 0 Å². The third-order valence-electron chi connectivity index (χ3n) is 4.76. The van der Waals surface area contributed by atoms with E-state index in [9.17, 15) is 14.0 Å². The molecule has 1 N–H and O–H groups in total. The number of carbonyl (C=O) groups is 2. The molecule has 3 rings (SSSR count). The molecule has 0 aromatic heterocycles. The number of benzene rings is 1. The smallest absolute Gasteiger partial charge is 0.227 e. The molecule has 6 nitrogen and oxygen atoms in total. The number of hydrogen-bond donors (Lipinski definition) is 1. The van der Waals surface area contributed by atoms with Crippen LogP contribution in [0.15, 0.2) is 18.2 Å². The van der Waals surface area contributed by atoms with E-state index in [1.54, 1.807) is 0 Å². The highest BCUT2D eigenvalue weighted by Gasteiger charge is 2.35. The van der Waals surface area contributed by atoms with Gasteiger partial charge in [0.15, 0.2) is 0 Å². The average molecular weight is 384 g/mol. The number of carbonyl (C=O) groups excluding carboxylic acids is 2. The molecule has 1 atom stereocenters. The Balaban J connectivity index is 1.45. The van der Waals surface area contributed by atoms with Gasteiger partial charge in [-0.3, -0.25) is 14.5 Å². The zero-order chi connectivity index (χ0) is 18.5. The van der Waals surface area contributed by atoms with Gasteiger partial charge in [0.05, 0.1) is 24.2 Å². The van der Waals surface area contributed by atoms with E-state index in [-0.39, 0.29) is 29.8 Å². The Hall–Kier alpha value is -1.70. The largest absolute Gasteiger partial charge is 0.379 e. The second-order valence-electron chi connectivity index (χ2n) is 6.60. The highest BCUT2D eigenvalue weighted by Crippen LogP contribution is 2.28. The zero-order valence-electron chi connectivity index (χ0n) is 14.5. The number of morpholine rings is 1. The molecule has 1 unspecified atom stereocenters. The monoisotopic (exact) mass is 383 g/mol. The Morgan fingerprint density at radius 1 is 1.35 bits per heavy atom. The summed E-state index contributed by atoms with van der Waals surface area (Å²) in [7, 11) is 0. The zero-order valence-corrected chi connectivity index (χ0v) is 15.3. The summed E-state index contributed by atoms with van der Waals surface area (Å²) in [6.45, 7) is 5.19. The van der Waals surface area contributed by atoms with Gasteiger partial charge in [0.1, 0.15) is 5.82 Å². The van der Waals surface area contributed by atoms with Gasteiger partial charge in [-0.15, -0.1) is 0 Å². The minimum atomic E-state index is -0.531. The number of rotatable bonds is 6. The van der Waals surface area contributed by atoms with E-state index in [0.717, 1.165) is 39.3 Å². The van der Waals surface area contributed by atoms with Crippen molar-refractivity contribution >= 4 is 29.1 Å². The summed E-state index contributed by atoms with van der Waals surface area (Å²) in [6.07, 6.45) is 1.02. The van der Waals surface area contributed by atoms with Crippen LogP contribution < -0.4 is 10.2 Å². The van der Waals surface area contributed by atoms with Crippen molar-refractivity contribution in [3.8, 4) is 0 Å². The lowest BCUT2D eigenvalue weighted by atomic mass is 10.1. The fraction of sp³-hybridized carbons (Fsp3) is 0.556. The summed E-state index contributed by atoms with van der Waals surface area (Å²) in [6, 6.07) is 4.14. The van der Waals surface area contributed by atoms with Crippen LogP contribution in [0.25, 0.3) is 0 Å². The quantitative estimate of drug-likeness (QED) is 0.759. The molecule has 2 heterocycles. The number of halogens is 2. The van der Waals surface area contributed by atoms with Gasteiger partial charge in [-0.05, 0) is 31.2 Å². The summed E-state index contributed by atoms with van der Waals surface area (Å²) in [4.78, 5) is 28.3. The lowest BCUT2D eigenvalue weighted by Crippen LogP contribution is -2.39. The van der Waals surface area contributed by atoms with E-state index >= 15 is 0 Å². The number of amides is 2. The van der Waals surface area contributed by atoms with Gasteiger partial charge in [-0.25, -0.2) is 4.39 Å². The summed E-state index contributed by atoms with van der Waals surface area (Å²) in [5, 5.41) is 2.88. The molecule has 0 bridgehead atoms. The molecule has 0 spiro atoms. The van der Waals surface area contributed by atoms with E-state index in [2.05, 4.69) is 10.2 Å². The van der Waals surface area contributed by atoms with E-state index in [4.69, 9.17) is 16.3 Å². The number of nitrogens with one attached hydrogen (secondary N) is 1. The lowest BCUT2D eigenvalue weighted by Gasteiger charge is -2.26. The standard InChI is InChI=1S/C18H23ClFN3O3/c19-15-11-14(2-3-16(15)20)23-12-13(10-17(23)24)18(25)21-4-1-5-22-6-8-26-9-7-22/h2-3,11,13H,1,4-10,12H2,(H,21,25). The van der Waals surface area contributed by atoms with Crippen LogP contribution in [0.5, 0.6) is 0 Å². The van der Waals surface area contributed by atoms with Gasteiger partial charge >= 0.3 is 0 Å². The highest BCUT2D eigenvalue weighted by molar-refractivity contribution is 6.31. The van der Waals surface area contributed by atoms with Crippen molar-refractivity contribution in [2.75, 3.05) is 50.8 Å². The Morgan fingerprint density at radius 3 is 2.85 bits per heavy atom. The minimum absolute atomic E-state index is 0.0358. The molecule has 2 fully saturated rings. The topological polar surface area (TPSA) is 61.9 Å². The fourth-order valence-corrected chi connectivity index (χ4v) is 3.44. The van der Waals surface area contributed by atoms with Crippen molar-refractivity contribution in [2.24, 2.45) is 5.92 Å². The average Bonchev–Trinajstić information content (AvgIpc) is 3.04. The second-order valence-corrected chi connectivity index (χ2v) is 7.01. The normalized spacial score (nSPS) is 21.2. The SMILES string of the molecule is O=C(NCCCN1CCOCC1)C1CC(=O)N(c2ccc(F)c(Cl)c2)C1. The Bertz CT molecular complexity index is 667. The van der Waals surface area contributed by atoms with Crippen molar-refractivity contribution in [1.29, 1.82) is 0 Å². The Labute approximate surface area is 157 Å². The molecule has 2 saturated heterocycles. The maximum Gasteiger partial charge on any atom is 0.227 e. The van der Waals surface area contributed by atoms with Gasteiger partial charge in [-0.1, -0.05) is 11.6 Å². The van der Waals surface area contributed by atoms with E-state index < -0.39 is 11.7 Å². The van der Waals surface area contributed by atoms with Crippen LogP contribution in [-0.4, -0.2) is 62.7 Å². The lowest BCUT2D eigenvalue weighted by molar-refractivity contribution is -0.126.